The minimum Gasteiger partial charge on any atom is -0.332 e. The minimum absolute atomic E-state index is 0.104. The maximum atomic E-state index is 12.5. The Kier molecular flexibility index (Phi) is 4.38. The van der Waals surface area contributed by atoms with Gasteiger partial charge in [0.25, 0.3) is 0 Å². The van der Waals surface area contributed by atoms with Crippen molar-refractivity contribution in [1.82, 2.24) is 4.90 Å². The van der Waals surface area contributed by atoms with Crippen LogP contribution in [0.4, 0.5) is 0 Å². The van der Waals surface area contributed by atoms with Crippen LogP contribution in [0.3, 0.4) is 0 Å². The summed E-state index contributed by atoms with van der Waals surface area (Å²) >= 11 is 0. The summed E-state index contributed by atoms with van der Waals surface area (Å²) in [5, 5.41) is 0. The Morgan fingerprint density at radius 3 is 2.73 bits per heavy atom. The Balaban J connectivity index is 1.74. The molecule has 2 aromatic carbocycles. The fourth-order valence-electron chi connectivity index (χ4n) is 3.09. The first-order chi connectivity index (χ1) is 10.7. The Bertz CT molecular complexity index is 675. The average Bonchev–Trinajstić information content (AvgIpc) is 3.03. The third-order valence-corrected chi connectivity index (χ3v) is 4.18. The van der Waals surface area contributed by atoms with Gasteiger partial charge in [0, 0.05) is 12.6 Å². The molecule has 22 heavy (non-hydrogen) atoms. The second kappa shape index (κ2) is 6.61. The third kappa shape index (κ3) is 3.28. The van der Waals surface area contributed by atoms with E-state index in [0.717, 1.165) is 24.9 Å². The van der Waals surface area contributed by atoms with Gasteiger partial charge >= 0.3 is 0 Å². The summed E-state index contributed by atoms with van der Waals surface area (Å²) in [7, 11) is 0. The number of carbonyl (C=O) groups excluding carboxylic acids is 1. The van der Waals surface area contributed by atoms with Crippen molar-refractivity contribution in [1.29, 1.82) is 0 Å². The van der Waals surface area contributed by atoms with Crippen molar-refractivity contribution < 1.29 is 4.79 Å². The number of aryl methyl sites for hydroxylation is 1. The summed E-state index contributed by atoms with van der Waals surface area (Å²) in [5.41, 5.74) is 3.51. The lowest BCUT2D eigenvalue weighted by atomic mass is 10.0. The first-order valence-corrected chi connectivity index (χ1v) is 7.84. The topological polar surface area (TPSA) is 20.3 Å². The van der Waals surface area contributed by atoms with E-state index in [1.807, 2.05) is 41.3 Å². The first kappa shape index (κ1) is 14.6. The molecule has 1 aliphatic heterocycles. The highest BCUT2D eigenvalue weighted by molar-refractivity contribution is 5.92. The number of benzene rings is 2. The van der Waals surface area contributed by atoms with E-state index in [9.17, 15) is 4.79 Å². The zero-order valence-corrected chi connectivity index (χ0v) is 12.9. The van der Waals surface area contributed by atoms with Crippen molar-refractivity contribution in [3.8, 4) is 0 Å². The summed E-state index contributed by atoms with van der Waals surface area (Å²) in [6.45, 7) is 2.90. The molecule has 0 aromatic heterocycles. The lowest BCUT2D eigenvalue weighted by molar-refractivity contribution is -0.126. The van der Waals surface area contributed by atoms with Gasteiger partial charge in [0.15, 0.2) is 0 Å². The summed E-state index contributed by atoms with van der Waals surface area (Å²) < 4.78 is 0. The predicted octanol–water partition coefficient (Wildman–Crippen LogP) is 4.37. The largest absolute Gasteiger partial charge is 0.332 e. The van der Waals surface area contributed by atoms with E-state index in [2.05, 4.69) is 31.2 Å². The molecule has 3 rings (SSSR count). The molecule has 1 heterocycles. The minimum atomic E-state index is 0.104. The molecular weight excluding hydrogens is 270 g/mol. The first-order valence-electron chi connectivity index (χ1n) is 7.84. The quantitative estimate of drug-likeness (QED) is 0.769. The van der Waals surface area contributed by atoms with E-state index < -0.39 is 0 Å². The number of likely N-dealkylation sites (tertiary alicyclic amines) is 1. The van der Waals surface area contributed by atoms with Crippen molar-refractivity contribution in [2.45, 2.75) is 25.8 Å². The number of amides is 1. The molecule has 112 valence electrons. The molecule has 1 unspecified atom stereocenters. The maximum Gasteiger partial charge on any atom is 0.247 e. The van der Waals surface area contributed by atoms with E-state index in [-0.39, 0.29) is 11.9 Å². The van der Waals surface area contributed by atoms with Gasteiger partial charge in [-0.2, -0.15) is 0 Å². The van der Waals surface area contributed by atoms with Gasteiger partial charge in [-0.15, -0.1) is 0 Å². The van der Waals surface area contributed by atoms with E-state index in [0.29, 0.717) is 0 Å². The van der Waals surface area contributed by atoms with Gasteiger partial charge in [-0.25, -0.2) is 0 Å². The number of nitrogens with zero attached hydrogens (tertiary/aromatic N) is 1. The van der Waals surface area contributed by atoms with Crippen molar-refractivity contribution in [2.24, 2.45) is 0 Å². The fourth-order valence-corrected chi connectivity index (χ4v) is 3.09. The van der Waals surface area contributed by atoms with Gasteiger partial charge in [-0.05, 0) is 37.0 Å². The van der Waals surface area contributed by atoms with Crippen molar-refractivity contribution >= 4 is 12.0 Å². The van der Waals surface area contributed by atoms with Crippen molar-refractivity contribution in [2.75, 3.05) is 6.54 Å². The van der Waals surface area contributed by atoms with Gasteiger partial charge < -0.3 is 4.90 Å². The van der Waals surface area contributed by atoms with Gasteiger partial charge in [0.1, 0.15) is 0 Å². The molecule has 1 aliphatic rings. The van der Waals surface area contributed by atoms with Crippen molar-refractivity contribution in [3.63, 3.8) is 0 Å². The molecular formula is C20H21NO. The van der Waals surface area contributed by atoms with Gasteiger partial charge in [-0.1, -0.05) is 60.2 Å². The van der Waals surface area contributed by atoms with Crippen LogP contribution in [0.15, 0.2) is 60.7 Å². The van der Waals surface area contributed by atoms with Crippen molar-refractivity contribution in [3.05, 3.63) is 77.4 Å². The lowest BCUT2D eigenvalue weighted by Crippen LogP contribution is -2.28. The second-order valence-electron chi connectivity index (χ2n) is 5.85. The smallest absolute Gasteiger partial charge is 0.247 e. The molecule has 0 aliphatic carbocycles. The molecule has 2 nitrogen and oxygen atoms in total. The number of hydrogen-bond donors (Lipinski definition) is 0. The molecule has 1 fully saturated rings. The summed E-state index contributed by atoms with van der Waals surface area (Å²) in [6, 6.07) is 18.7. The van der Waals surface area contributed by atoms with Crippen LogP contribution in [-0.4, -0.2) is 17.4 Å². The standard InChI is InChI=1S/C20H21NO/c1-16-7-5-8-17(15-16)12-13-20(22)21-14-6-11-19(21)18-9-3-2-4-10-18/h2-5,7-10,12-13,15,19H,6,11,14H2,1H3/b13-12+. The van der Waals surface area contributed by atoms with E-state index in [1.165, 1.54) is 11.1 Å². The molecule has 0 bridgehead atoms. The predicted molar refractivity (Wildman–Crippen MR) is 90.3 cm³/mol. The molecule has 0 N–H and O–H groups in total. The van der Waals surface area contributed by atoms with E-state index in [1.54, 1.807) is 6.08 Å². The summed E-state index contributed by atoms with van der Waals surface area (Å²) in [4.78, 5) is 14.5. The van der Waals surface area contributed by atoms with Crippen LogP contribution in [0.2, 0.25) is 0 Å². The van der Waals surface area contributed by atoms with E-state index >= 15 is 0 Å². The number of carbonyl (C=O) groups is 1. The Labute approximate surface area is 132 Å². The molecule has 0 radical (unpaired) electrons. The van der Waals surface area contributed by atoms with Crippen LogP contribution in [0.5, 0.6) is 0 Å². The van der Waals surface area contributed by atoms with Crippen LogP contribution in [-0.2, 0) is 4.79 Å². The Hall–Kier alpha value is -2.35. The zero-order valence-electron chi connectivity index (χ0n) is 12.9. The van der Waals surface area contributed by atoms with Gasteiger partial charge in [-0.3, -0.25) is 4.79 Å². The SMILES string of the molecule is Cc1cccc(/C=C/C(=O)N2CCCC2c2ccccc2)c1. The molecule has 0 spiro atoms. The number of rotatable bonds is 3. The lowest BCUT2D eigenvalue weighted by Gasteiger charge is -2.23. The molecule has 1 atom stereocenters. The fraction of sp³-hybridized carbons (Fsp3) is 0.250. The van der Waals surface area contributed by atoms with Gasteiger partial charge in [0.05, 0.1) is 6.04 Å². The van der Waals surface area contributed by atoms with Gasteiger partial charge in [0.2, 0.25) is 5.91 Å². The zero-order chi connectivity index (χ0) is 15.4. The molecule has 1 amide bonds. The van der Waals surface area contributed by atoms with Crippen LogP contribution in [0.25, 0.3) is 6.08 Å². The van der Waals surface area contributed by atoms with Crippen LogP contribution in [0, 0.1) is 6.92 Å². The number of hydrogen-bond acceptors (Lipinski definition) is 1. The summed E-state index contributed by atoms with van der Waals surface area (Å²) in [6.07, 6.45) is 5.74. The Morgan fingerprint density at radius 1 is 1.14 bits per heavy atom. The second-order valence-corrected chi connectivity index (χ2v) is 5.85. The van der Waals surface area contributed by atoms with Crippen LogP contribution in [0.1, 0.15) is 35.6 Å². The molecule has 1 saturated heterocycles. The molecule has 2 heteroatoms. The monoisotopic (exact) mass is 291 g/mol. The van der Waals surface area contributed by atoms with Crippen LogP contribution >= 0.6 is 0 Å². The highest BCUT2D eigenvalue weighted by Gasteiger charge is 2.28. The summed E-state index contributed by atoms with van der Waals surface area (Å²) in [5.74, 6) is 0.104. The normalized spacial score (nSPS) is 18.0. The highest BCUT2D eigenvalue weighted by atomic mass is 16.2. The maximum absolute atomic E-state index is 12.5. The highest BCUT2D eigenvalue weighted by Crippen LogP contribution is 2.31. The molecule has 0 saturated carbocycles. The van der Waals surface area contributed by atoms with Crippen LogP contribution < -0.4 is 0 Å². The average molecular weight is 291 g/mol. The Morgan fingerprint density at radius 2 is 1.95 bits per heavy atom. The van der Waals surface area contributed by atoms with E-state index in [4.69, 9.17) is 0 Å². The molecule has 2 aromatic rings. The third-order valence-electron chi connectivity index (χ3n) is 4.18.